The van der Waals surface area contributed by atoms with Crippen LogP contribution in [-0.2, 0) is 6.42 Å². The summed E-state index contributed by atoms with van der Waals surface area (Å²) in [5.74, 6) is 1.30. The maximum absolute atomic E-state index is 11.7. The number of H-pyrrole nitrogens is 2. The van der Waals surface area contributed by atoms with Gasteiger partial charge in [0, 0.05) is 29.5 Å². The van der Waals surface area contributed by atoms with Crippen molar-refractivity contribution >= 4 is 11.8 Å². The van der Waals surface area contributed by atoms with Crippen molar-refractivity contribution < 1.29 is 4.74 Å². The monoisotopic (exact) mass is 435 g/mol. The Balaban J connectivity index is 1.76. The number of aromatic amines is 2. The molecule has 31 heavy (non-hydrogen) atoms. The Hall–Kier alpha value is -3.59. The van der Waals surface area contributed by atoms with Gasteiger partial charge < -0.3 is 9.72 Å². The first-order chi connectivity index (χ1) is 15.0. The lowest BCUT2D eigenvalue weighted by atomic mass is 10.2. The predicted octanol–water partition coefficient (Wildman–Crippen LogP) is 3.10. The van der Waals surface area contributed by atoms with Crippen LogP contribution in [0.5, 0.6) is 5.75 Å². The van der Waals surface area contributed by atoms with Crippen LogP contribution in [0.25, 0.3) is 5.69 Å². The molecule has 0 spiro atoms. The van der Waals surface area contributed by atoms with Gasteiger partial charge in [0.25, 0.3) is 5.56 Å². The first-order valence-electron chi connectivity index (χ1n) is 9.66. The van der Waals surface area contributed by atoms with Crippen LogP contribution in [0.4, 0.5) is 0 Å². The minimum atomic E-state index is -0.553. The van der Waals surface area contributed by atoms with Crippen molar-refractivity contribution in [2.75, 3.05) is 7.11 Å². The zero-order valence-electron chi connectivity index (χ0n) is 17.0. The van der Waals surface area contributed by atoms with Crippen LogP contribution in [0, 0.1) is 0 Å². The van der Waals surface area contributed by atoms with Gasteiger partial charge in [0.15, 0.2) is 5.16 Å². The summed E-state index contributed by atoms with van der Waals surface area (Å²) in [6.45, 7) is 2.11. The van der Waals surface area contributed by atoms with E-state index in [1.54, 1.807) is 18.9 Å². The van der Waals surface area contributed by atoms with Crippen molar-refractivity contribution in [3.63, 3.8) is 0 Å². The van der Waals surface area contributed by atoms with Crippen LogP contribution in [0.2, 0.25) is 0 Å². The average Bonchev–Trinajstić information content (AvgIpc) is 3.15. The molecule has 0 radical (unpaired) electrons. The first kappa shape index (κ1) is 20.7. The summed E-state index contributed by atoms with van der Waals surface area (Å²) in [4.78, 5) is 28.2. The summed E-state index contributed by atoms with van der Waals surface area (Å²) >= 11 is 1.58. The molecule has 0 aliphatic rings. The lowest BCUT2D eigenvalue weighted by Crippen LogP contribution is -2.23. The maximum atomic E-state index is 11.7. The van der Waals surface area contributed by atoms with Crippen LogP contribution < -0.4 is 16.0 Å². The third kappa shape index (κ3) is 4.77. The van der Waals surface area contributed by atoms with E-state index >= 15 is 0 Å². The summed E-state index contributed by atoms with van der Waals surface area (Å²) in [6, 6.07) is 19.1. The largest absolute Gasteiger partial charge is 0.497 e. The molecule has 4 rings (SSSR count). The van der Waals surface area contributed by atoms with Crippen molar-refractivity contribution in [1.82, 2.24) is 24.7 Å². The van der Waals surface area contributed by atoms with Crippen molar-refractivity contribution in [3.8, 4) is 11.4 Å². The van der Waals surface area contributed by atoms with Crippen LogP contribution in [0.15, 0.2) is 75.4 Å². The molecule has 8 nitrogen and oxygen atoms in total. The standard InChI is InChI=1S/C22H21N5O3S/c1-14(15-7-4-3-5-8-15)31-22-26-25-19(11-16-12-20(28)24-21(29)23-16)27(22)17-9-6-10-18(13-17)30-2/h3-10,12-14H,11H2,1-2H3,(H2,23,24,28,29)/t14-/m0/s1. The smallest absolute Gasteiger partial charge is 0.325 e. The van der Waals surface area contributed by atoms with Crippen molar-refractivity contribution in [2.45, 2.75) is 23.8 Å². The molecular weight excluding hydrogens is 414 g/mol. The van der Waals surface area contributed by atoms with E-state index in [0.717, 1.165) is 5.69 Å². The number of benzene rings is 2. The number of thioether (sulfide) groups is 1. The molecule has 4 aromatic rings. The molecule has 0 bridgehead atoms. The van der Waals surface area contributed by atoms with E-state index in [4.69, 9.17) is 4.74 Å². The van der Waals surface area contributed by atoms with E-state index in [1.807, 2.05) is 47.0 Å². The molecule has 158 valence electrons. The highest BCUT2D eigenvalue weighted by molar-refractivity contribution is 7.99. The Kier molecular flexibility index (Phi) is 6.03. The van der Waals surface area contributed by atoms with Crippen LogP contribution in [0.3, 0.4) is 0 Å². The Morgan fingerprint density at radius 3 is 2.58 bits per heavy atom. The minimum absolute atomic E-state index is 0.141. The number of hydrogen-bond acceptors (Lipinski definition) is 6. The molecule has 2 heterocycles. The average molecular weight is 436 g/mol. The van der Waals surface area contributed by atoms with Gasteiger partial charge in [-0.1, -0.05) is 48.2 Å². The van der Waals surface area contributed by atoms with Gasteiger partial charge in [-0.3, -0.25) is 14.3 Å². The third-order valence-corrected chi connectivity index (χ3v) is 5.83. The second kappa shape index (κ2) is 9.05. The highest BCUT2D eigenvalue weighted by atomic mass is 32.2. The zero-order valence-corrected chi connectivity index (χ0v) is 17.8. The molecule has 0 aliphatic heterocycles. The van der Waals surface area contributed by atoms with E-state index in [-0.39, 0.29) is 11.7 Å². The SMILES string of the molecule is COc1cccc(-n2c(Cc3cc(=O)[nH]c(=O)[nH]3)nnc2S[C@@H](C)c2ccccc2)c1. The molecule has 0 saturated carbocycles. The molecule has 9 heteroatoms. The van der Waals surface area contributed by atoms with E-state index in [2.05, 4.69) is 39.2 Å². The van der Waals surface area contributed by atoms with Crippen LogP contribution in [-0.4, -0.2) is 31.8 Å². The van der Waals surface area contributed by atoms with Crippen molar-refractivity contribution in [1.29, 1.82) is 0 Å². The zero-order chi connectivity index (χ0) is 21.8. The van der Waals surface area contributed by atoms with E-state index < -0.39 is 11.2 Å². The van der Waals surface area contributed by atoms with Crippen molar-refractivity contribution in [2.24, 2.45) is 0 Å². The normalized spacial score (nSPS) is 11.9. The number of hydrogen-bond donors (Lipinski definition) is 2. The van der Waals surface area contributed by atoms with Gasteiger partial charge in [0.2, 0.25) is 0 Å². The Labute approximate surface area is 182 Å². The summed E-state index contributed by atoms with van der Waals surface area (Å²) < 4.78 is 7.30. The topological polar surface area (TPSA) is 106 Å². The number of rotatable bonds is 7. The lowest BCUT2D eigenvalue weighted by Gasteiger charge is -2.14. The molecule has 0 saturated heterocycles. The van der Waals surface area contributed by atoms with Gasteiger partial charge in [-0.2, -0.15) is 0 Å². The Morgan fingerprint density at radius 2 is 1.84 bits per heavy atom. The van der Waals surface area contributed by atoms with Gasteiger partial charge in [0.1, 0.15) is 11.6 Å². The Morgan fingerprint density at radius 1 is 1.03 bits per heavy atom. The highest BCUT2D eigenvalue weighted by Crippen LogP contribution is 2.35. The first-order valence-corrected chi connectivity index (χ1v) is 10.5. The third-order valence-electron chi connectivity index (χ3n) is 4.73. The highest BCUT2D eigenvalue weighted by Gasteiger charge is 2.19. The molecule has 0 fully saturated rings. The predicted molar refractivity (Wildman–Crippen MR) is 119 cm³/mol. The molecule has 0 amide bonds. The summed E-state index contributed by atoms with van der Waals surface area (Å²) in [6.07, 6.45) is 0.240. The molecule has 2 aromatic heterocycles. The fourth-order valence-electron chi connectivity index (χ4n) is 3.24. The lowest BCUT2D eigenvalue weighted by molar-refractivity contribution is 0.414. The summed E-state index contributed by atoms with van der Waals surface area (Å²) in [5.41, 5.74) is 1.45. The van der Waals surface area contributed by atoms with Crippen LogP contribution in [0.1, 0.15) is 29.3 Å². The van der Waals surface area contributed by atoms with Crippen LogP contribution >= 0.6 is 11.8 Å². The number of aromatic nitrogens is 5. The molecule has 0 aliphatic carbocycles. The second-order valence-electron chi connectivity index (χ2n) is 6.90. The number of methoxy groups -OCH3 is 1. The quantitative estimate of drug-likeness (QED) is 0.432. The fraction of sp³-hybridized carbons (Fsp3) is 0.182. The number of ether oxygens (including phenoxy) is 1. The van der Waals surface area contributed by atoms with E-state index in [0.29, 0.717) is 22.4 Å². The fourth-order valence-corrected chi connectivity index (χ4v) is 4.25. The van der Waals surface area contributed by atoms with Crippen molar-refractivity contribution in [3.05, 3.63) is 98.6 Å². The molecular formula is C22H21N5O3S. The maximum Gasteiger partial charge on any atom is 0.325 e. The summed E-state index contributed by atoms with van der Waals surface area (Å²) in [7, 11) is 1.61. The summed E-state index contributed by atoms with van der Waals surface area (Å²) in [5, 5.41) is 9.62. The Bertz CT molecular complexity index is 1270. The molecule has 2 aromatic carbocycles. The number of nitrogens with zero attached hydrogens (tertiary/aromatic N) is 3. The molecule has 2 N–H and O–H groups in total. The minimum Gasteiger partial charge on any atom is -0.497 e. The van der Waals surface area contributed by atoms with Gasteiger partial charge in [0.05, 0.1) is 12.8 Å². The molecule has 1 atom stereocenters. The second-order valence-corrected chi connectivity index (χ2v) is 8.20. The van der Waals surface area contributed by atoms with E-state index in [1.165, 1.54) is 11.6 Å². The van der Waals surface area contributed by atoms with Gasteiger partial charge in [-0.05, 0) is 24.6 Å². The van der Waals surface area contributed by atoms with E-state index in [9.17, 15) is 9.59 Å². The van der Waals surface area contributed by atoms with Gasteiger partial charge >= 0.3 is 5.69 Å². The molecule has 0 unspecified atom stereocenters. The van der Waals surface area contributed by atoms with Gasteiger partial charge in [-0.15, -0.1) is 10.2 Å². The number of nitrogens with one attached hydrogen (secondary N) is 2. The van der Waals surface area contributed by atoms with Gasteiger partial charge in [-0.25, -0.2) is 4.79 Å².